The van der Waals surface area contributed by atoms with Crippen molar-refractivity contribution in [2.45, 2.75) is 26.4 Å². The first-order valence-corrected chi connectivity index (χ1v) is 7.48. The molecule has 1 aromatic rings. The second kappa shape index (κ2) is 4.69. The second-order valence-corrected chi connectivity index (χ2v) is 6.16. The van der Waals surface area contributed by atoms with Crippen molar-refractivity contribution in [3.05, 3.63) is 17.3 Å². The van der Waals surface area contributed by atoms with E-state index in [2.05, 4.69) is 10.3 Å². The molecule has 0 aliphatic carbocycles. The number of carbonyl (C=O) groups excluding carboxylic acids is 1. The third-order valence-corrected chi connectivity index (χ3v) is 3.82. The molecule has 0 saturated carbocycles. The number of oxazole rings is 1. The van der Waals surface area contributed by atoms with Gasteiger partial charge in [-0.1, -0.05) is 6.92 Å². The van der Waals surface area contributed by atoms with Crippen LogP contribution >= 0.6 is 0 Å². The molecule has 0 bridgehead atoms. The number of hydrogen-bond acceptors (Lipinski definition) is 5. The van der Waals surface area contributed by atoms with Gasteiger partial charge < -0.3 is 9.73 Å². The average Bonchev–Trinajstić information content (AvgIpc) is 2.81. The van der Waals surface area contributed by atoms with Gasteiger partial charge in [0, 0.05) is 6.54 Å². The van der Waals surface area contributed by atoms with Crippen molar-refractivity contribution in [1.29, 1.82) is 0 Å². The Kier molecular flexibility index (Phi) is 3.40. The predicted octanol–water partition coefficient (Wildman–Crippen LogP) is 0.0896. The molecular formula is C10H15N3O4S. The number of hydrogen-bond donors (Lipinski definition) is 1. The monoisotopic (exact) mass is 273 g/mol. The van der Waals surface area contributed by atoms with Gasteiger partial charge in [-0.3, -0.25) is 4.79 Å². The van der Waals surface area contributed by atoms with Gasteiger partial charge >= 0.3 is 5.91 Å². The van der Waals surface area contributed by atoms with Crippen LogP contribution in [0.5, 0.6) is 0 Å². The quantitative estimate of drug-likeness (QED) is 0.839. The minimum absolute atomic E-state index is 0.00148. The number of rotatable bonds is 4. The number of amides is 1. The zero-order valence-electron chi connectivity index (χ0n) is 10.3. The fourth-order valence-corrected chi connectivity index (χ4v) is 2.37. The summed E-state index contributed by atoms with van der Waals surface area (Å²) in [5, 5.41) is 2.65. The van der Waals surface area contributed by atoms with E-state index in [-0.39, 0.29) is 24.9 Å². The highest BCUT2D eigenvalue weighted by Gasteiger charge is 2.32. The van der Waals surface area contributed by atoms with E-state index >= 15 is 0 Å². The minimum Gasteiger partial charge on any atom is -0.436 e. The lowest BCUT2D eigenvalue weighted by molar-refractivity contribution is 0.0916. The highest BCUT2D eigenvalue weighted by Crippen LogP contribution is 2.25. The van der Waals surface area contributed by atoms with E-state index < -0.39 is 10.0 Å². The number of nitrogens with one attached hydrogen (secondary N) is 1. The van der Waals surface area contributed by atoms with Crippen LogP contribution in [-0.4, -0.2) is 36.4 Å². The van der Waals surface area contributed by atoms with Gasteiger partial charge in [0.05, 0.1) is 25.0 Å². The summed E-state index contributed by atoms with van der Waals surface area (Å²) in [6.45, 7) is 2.81. The Balaban J connectivity index is 2.09. The Morgan fingerprint density at radius 3 is 2.78 bits per heavy atom. The zero-order valence-corrected chi connectivity index (χ0v) is 11.1. The molecule has 8 heteroatoms. The predicted molar refractivity (Wildman–Crippen MR) is 63.2 cm³/mol. The molecule has 0 aromatic carbocycles. The van der Waals surface area contributed by atoms with Crippen LogP contribution in [0.3, 0.4) is 0 Å². The summed E-state index contributed by atoms with van der Waals surface area (Å²) >= 11 is 0. The van der Waals surface area contributed by atoms with Crippen LogP contribution in [0.15, 0.2) is 4.42 Å². The first kappa shape index (κ1) is 13.0. The molecule has 0 unspecified atom stereocenters. The molecule has 1 aromatic heterocycles. The van der Waals surface area contributed by atoms with Crippen LogP contribution in [0.1, 0.15) is 35.5 Å². The third kappa shape index (κ3) is 2.54. The molecule has 2 heterocycles. The number of nitrogens with zero attached hydrogens (tertiary/aromatic N) is 2. The summed E-state index contributed by atoms with van der Waals surface area (Å²) in [6, 6.07) is 0. The van der Waals surface area contributed by atoms with Crippen molar-refractivity contribution in [2.24, 2.45) is 0 Å². The van der Waals surface area contributed by atoms with E-state index in [1.54, 1.807) is 0 Å². The van der Waals surface area contributed by atoms with Crippen molar-refractivity contribution in [3.63, 3.8) is 0 Å². The van der Waals surface area contributed by atoms with Gasteiger partial charge in [-0.15, -0.1) is 0 Å². The summed E-state index contributed by atoms with van der Waals surface area (Å²) in [4.78, 5) is 15.6. The lowest BCUT2D eigenvalue weighted by atomic mass is 10.4. The Labute approximate surface area is 105 Å². The summed E-state index contributed by atoms with van der Waals surface area (Å²) in [5.41, 5.74) is 0.516. The number of carbonyl (C=O) groups is 1. The van der Waals surface area contributed by atoms with E-state index in [1.165, 1.54) is 4.31 Å². The standard InChI is InChI=1S/C10H15N3O4S/c1-3-4-11-9(14)10-12-7-5-13(18(2,15)16)6-8(7)17-10/h3-6H2,1-2H3,(H,11,14). The molecule has 0 saturated heterocycles. The fourth-order valence-electron chi connectivity index (χ4n) is 1.66. The number of aromatic nitrogens is 1. The first-order valence-electron chi connectivity index (χ1n) is 5.63. The van der Waals surface area contributed by atoms with Crippen LogP contribution in [0.25, 0.3) is 0 Å². The summed E-state index contributed by atoms with van der Waals surface area (Å²) in [6.07, 6.45) is 1.96. The van der Waals surface area contributed by atoms with Gasteiger partial charge in [-0.2, -0.15) is 4.31 Å². The molecule has 1 N–H and O–H groups in total. The minimum atomic E-state index is -3.25. The molecule has 0 spiro atoms. The molecule has 0 radical (unpaired) electrons. The van der Waals surface area contributed by atoms with Crippen LogP contribution in [-0.2, 0) is 23.1 Å². The Morgan fingerprint density at radius 1 is 1.50 bits per heavy atom. The van der Waals surface area contributed by atoms with Crippen molar-refractivity contribution in [1.82, 2.24) is 14.6 Å². The van der Waals surface area contributed by atoms with E-state index in [0.717, 1.165) is 12.7 Å². The van der Waals surface area contributed by atoms with Crippen molar-refractivity contribution >= 4 is 15.9 Å². The number of fused-ring (bicyclic) bond motifs is 1. The SMILES string of the molecule is CCCNC(=O)c1nc2c(o1)CN(S(C)(=O)=O)C2. The Bertz CT molecular complexity index is 540. The maximum Gasteiger partial charge on any atom is 0.307 e. The van der Waals surface area contributed by atoms with E-state index in [4.69, 9.17) is 4.42 Å². The van der Waals surface area contributed by atoms with Crippen LogP contribution in [0, 0.1) is 0 Å². The van der Waals surface area contributed by atoms with Gasteiger partial charge in [0.25, 0.3) is 5.89 Å². The first-order chi connectivity index (χ1) is 8.41. The van der Waals surface area contributed by atoms with Gasteiger partial charge in [0.2, 0.25) is 10.0 Å². The van der Waals surface area contributed by atoms with Crippen LogP contribution < -0.4 is 5.32 Å². The molecule has 1 amide bonds. The summed E-state index contributed by atoms with van der Waals surface area (Å²) in [7, 11) is -3.25. The molecule has 1 aliphatic heterocycles. The molecule has 0 atom stereocenters. The summed E-state index contributed by atoms with van der Waals surface area (Å²) in [5.74, 6) is 0.0841. The molecule has 18 heavy (non-hydrogen) atoms. The molecule has 1 aliphatic rings. The van der Waals surface area contributed by atoms with Crippen LogP contribution in [0.2, 0.25) is 0 Å². The van der Waals surface area contributed by atoms with Gasteiger partial charge in [0.1, 0.15) is 5.76 Å². The van der Waals surface area contributed by atoms with Gasteiger partial charge in [-0.25, -0.2) is 13.4 Å². The smallest absolute Gasteiger partial charge is 0.307 e. The van der Waals surface area contributed by atoms with Crippen molar-refractivity contribution < 1.29 is 17.6 Å². The van der Waals surface area contributed by atoms with E-state index in [0.29, 0.717) is 18.0 Å². The van der Waals surface area contributed by atoms with Crippen molar-refractivity contribution in [3.8, 4) is 0 Å². The summed E-state index contributed by atoms with van der Waals surface area (Å²) < 4.78 is 29.2. The van der Waals surface area contributed by atoms with E-state index in [1.807, 2.05) is 6.92 Å². The normalized spacial score (nSPS) is 15.7. The number of sulfonamides is 1. The highest BCUT2D eigenvalue weighted by molar-refractivity contribution is 7.88. The topological polar surface area (TPSA) is 92.5 Å². The maximum absolute atomic E-state index is 11.6. The zero-order chi connectivity index (χ0) is 13.3. The molecule has 100 valence electrons. The van der Waals surface area contributed by atoms with Crippen LogP contribution in [0.4, 0.5) is 0 Å². The Hall–Kier alpha value is -1.41. The molecule has 7 nitrogen and oxygen atoms in total. The van der Waals surface area contributed by atoms with E-state index in [9.17, 15) is 13.2 Å². The second-order valence-electron chi connectivity index (χ2n) is 4.18. The van der Waals surface area contributed by atoms with Crippen molar-refractivity contribution in [2.75, 3.05) is 12.8 Å². The highest BCUT2D eigenvalue weighted by atomic mass is 32.2. The lowest BCUT2D eigenvalue weighted by Crippen LogP contribution is -2.26. The average molecular weight is 273 g/mol. The van der Waals surface area contributed by atoms with Gasteiger partial charge in [0.15, 0.2) is 0 Å². The molecule has 0 fully saturated rings. The largest absolute Gasteiger partial charge is 0.436 e. The fraction of sp³-hybridized carbons (Fsp3) is 0.600. The third-order valence-electron chi connectivity index (χ3n) is 2.62. The van der Waals surface area contributed by atoms with Gasteiger partial charge in [-0.05, 0) is 6.42 Å². The molecular weight excluding hydrogens is 258 g/mol. The molecule has 2 rings (SSSR count). The maximum atomic E-state index is 11.6. The Morgan fingerprint density at radius 2 is 2.22 bits per heavy atom. The lowest BCUT2D eigenvalue weighted by Gasteiger charge is -2.10.